The Bertz CT molecular complexity index is 851. The summed E-state index contributed by atoms with van der Waals surface area (Å²) in [7, 11) is 1.63. The summed E-state index contributed by atoms with van der Waals surface area (Å²) < 4.78 is 16.8. The van der Waals surface area contributed by atoms with Gasteiger partial charge >= 0.3 is 6.09 Å². The molecule has 2 aromatic carbocycles. The second-order valence-corrected chi connectivity index (χ2v) is 8.51. The zero-order valence-corrected chi connectivity index (χ0v) is 18.6. The zero-order valence-electron chi connectivity index (χ0n) is 17.8. The van der Waals surface area contributed by atoms with Crippen LogP contribution in [0.25, 0.3) is 0 Å². The number of methoxy groups -OCH3 is 1. The third kappa shape index (κ3) is 5.83. The van der Waals surface area contributed by atoms with Crippen molar-refractivity contribution in [1.29, 1.82) is 0 Å². The van der Waals surface area contributed by atoms with Gasteiger partial charge in [-0.1, -0.05) is 11.6 Å². The third-order valence-electron chi connectivity index (χ3n) is 5.91. The van der Waals surface area contributed by atoms with Gasteiger partial charge < -0.3 is 19.1 Å². The number of anilines is 1. The number of hydrogen-bond acceptors (Lipinski definition) is 5. The highest BCUT2D eigenvalue weighted by atomic mass is 35.5. The van der Waals surface area contributed by atoms with E-state index in [1.165, 1.54) is 0 Å². The molecule has 1 amide bonds. The topological polar surface area (TPSA) is 51.2 Å². The van der Waals surface area contributed by atoms with Crippen LogP contribution >= 0.6 is 11.6 Å². The molecule has 166 valence electrons. The Labute approximate surface area is 188 Å². The molecule has 6 nitrogen and oxygen atoms in total. The number of carbonyl (C=O) groups is 1. The Hall–Kier alpha value is -2.44. The molecule has 0 aromatic heterocycles. The van der Waals surface area contributed by atoms with Crippen molar-refractivity contribution < 1.29 is 19.0 Å². The van der Waals surface area contributed by atoms with Gasteiger partial charge in [-0.2, -0.15) is 0 Å². The third-order valence-corrected chi connectivity index (χ3v) is 6.16. The Morgan fingerprint density at radius 2 is 1.71 bits per heavy atom. The second-order valence-electron chi connectivity index (χ2n) is 8.07. The highest BCUT2D eigenvalue weighted by Gasteiger charge is 2.32. The quantitative estimate of drug-likeness (QED) is 0.573. The smallest absolute Gasteiger partial charge is 0.414 e. The number of ether oxygens (including phenoxy) is 3. The summed E-state index contributed by atoms with van der Waals surface area (Å²) in [5, 5.41) is 0.724. The molecule has 2 aliphatic heterocycles. The monoisotopic (exact) mass is 444 g/mol. The Morgan fingerprint density at radius 1 is 1.03 bits per heavy atom. The number of hydrogen-bond donors (Lipinski definition) is 0. The molecule has 0 spiro atoms. The summed E-state index contributed by atoms with van der Waals surface area (Å²) >= 11 is 5.93. The summed E-state index contributed by atoms with van der Waals surface area (Å²) in [5.74, 6) is 1.66. The van der Waals surface area contributed by atoms with Crippen molar-refractivity contribution >= 4 is 23.4 Å². The molecule has 4 rings (SSSR count). The zero-order chi connectivity index (χ0) is 21.6. The molecule has 2 heterocycles. The fourth-order valence-electron chi connectivity index (χ4n) is 4.14. The highest BCUT2D eigenvalue weighted by Crippen LogP contribution is 2.26. The summed E-state index contributed by atoms with van der Waals surface area (Å²) in [4.78, 5) is 16.4. The van der Waals surface area contributed by atoms with Crippen molar-refractivity contribution in [1.82, 2.24) is 4.90 Å². The number of likely N-dealkylation sites (tertiary alicyclic amines) is 1. The van der Waals surface area contributed by atoms with Crippen molar-refractivity contribution in [3.63, 3.8) is 0 Å². The van der Waals surface area contributed by atoms with Crippen LogP contribution in [0.5, 0.6) is 11.5 Å². The molecular formula is C24H29ClN2O4. The van der Waals surface area contributed by atoms with Gasteiger partial charge in [-0.3, -0.25) is 4.90 Å². The lowest BCUT2D eigenvalue weighted by molar-refractivity contribution is 0.0945. The first-order chi connectivity index (χ1) is 15.1. The number of carbonyl (C=O) groups excluding carboxylic acids is 1. The Balaban J connectivity index is 1.16. The minimum atomic E-state index is -0.268. The lowest BCUT2D eigenvalue weighted by Crippen LogP contribution is -2.38. The first-order valence-electron chi connectivity index (χ1n) is 10.9. The highest BCUT2D eigenvalue weighted by molar-refractivity contribution is 6.30. The van der Waals surface area contributed by atoms with E-state index < -0.39 is 0 Å². The van der Waals surface area contributed by atoms with Crippen LogP contribution in [0.2, 0.25) is 5.02 Å². The summed E-state index contributed by atoms with van der Waals surface area (Å²) in [6, 6.07) is 15.1. The second kappa shape index (κ2) is 10.2. The van der Waals surface area contributed by atoms with E-state index >= 15 is 0 Å². The van der Waals surface area contributed by atoms with Gasteiger partial charge in [-0.15, -0.1) is 0 Å². The van der Waals surface area contributed by atoms with Crippen molar-refractivity contribution in [2.75, 3.05) is 38.2 Å². The summed E-state index contributed by atoms with van der Waals surface area (Å²) in [6.45, 7) is 3.67. The molecule has 0 radical (unpaired) electrons. The van der Waals surface area contributed by atoms with Crippen LogP contribution in [0.15, 0.2) is 48.5 Å². The minimum Gasteiger partial charge on any atom is -0.497 e. The van der Waals surface area contributed by atoms with Gasteiger partial charge in [0.2, 0.25) is 0 Å². The van der Waals surface area contributed by atoms with Crippen molar-refractivity contribution in [2.24, 2.45) is 0 Å². The Kier molecular flexibility index (Phi) is 7.20. The minimum absolute atomic E-state index is 0.0552. The van der Waals surface area contributed by atoms with E-state index in [0.29, 0.717) is 6.54 Å². The van der Waals surface area contributed by atoms with Crippen LogP contribution in [-0.4, -0.2) is 56.5 Å². The Morgan fingerprint density at radius 3 is 2.39 bits per heavy atom. The average molecular weight is 445 g/mol. The van der Waals surface area contributed by atoms with Gasteiger partial charge in [0.05, 0.1) is 13.7 Å². The molecule has 31 heavy (non-hydrogen) atoms. The van der Waals surface area contributed by atoms with E-state index in [-0.39, 0.29) is 18.3 Å². The van der Waals surface area contributed by atoms with E-state index in [9.17, 15) is 4.79 Å². The van der Waals surface area contributed by atoms with E-state index in [1.807, 2.05) is 48.5 Å². The molecule has 2 saturated heterocycles. The standard InChI is InChI=1S/C24H29ClN2O4/c1-29-20-10-6-19(7-11-20)27-17-23(31-24(27)28)3-2-14-26-15-12-22(13-16-26)30-21-8-4-18(25)5-9-21/h4-11,22-23H,2-3,12-17H2,1H3. The lowest BCUT2D eigenvalue weighted by atomic mass is 10.1. The molecule has 0 aliphatic carbocycles. The maximum absolute atomic E-state index is 12.3. The van der Waals surface area contributed by atoms with Gasteiger partial charge in [0, 0.05) is 23.8 Å². The van der Waals surface area contributed by atoms with Gasteiger partial charge in [0.1, 0.15) is 23.7 Å². The number of cyclic esters (lactones) is 1. The van der Waals surface area contributed by atoms with Gasteiger partial charge in [0.25, 0.3) is 0 Å². The molecule has 7 heteroatoms. The van der Waals surface area contributed by atoms with E-state index in [2.05, 4.69) is 4.90 Å². The fourth-order valence-corrected chi connectivity index (χ4v) is 4.27. The van der Waals surface area contributed by atoms with Crippen molar-refractivity contribution in [2.45, 2.75) is 37.9 Å². The SMILES string of the molecule is COc1ccc(N2CC(CCCN3CCC(Oc4ccc(Cl)cc4)CC3)OC2=O)cc1. The first-order valence-corrected chi connectivity index (χ1v) is 11.3. The van der Waals surface area contributed by atoms with E-state index in [4.69, 9.17) is 25.8 Å². The van der Waals surface area contributed by atoms with Crippen LogP contribution in [0.1, 0.15) is 25.7 Å². The molecule has 0 saturated carbocycles. The van der Waals surface area contributed by atoms with E-state index in [1.54, 1.807) is 12.0 Å². The summed E-state index contributed by atoms with van der Waals surface area (Å²) in [5.41, 5.74) is 0.844. The number of piperidine rings is 1. The van der Waals surface area contributed by atoms with Crippen molar-refractivity contribution in [3.05, 3.63) is 53.6 Å². The number of rotatable bonds is 8. The van der Waals surface area contributed by atoms with Crippen LogP contribution < -0.4 is 14.4 Å². The first kappa shape index (κ1) is 21.8. The van der Waals surface area contributed by atoms with Gasteiger partial charge in [-0.05, 0) is 80.8 Å². The largest absolute Gasteiger partial charge is 0.497 e. The lowest BCUT2D eigenvalue weighted by Gasteiger charge is -2.32. The molecule has 2 aromatic rings. The summed E-state index contributed by atoms with van der Waals surface area (Å²) in [6.07, 6.45) is 3.86. The predicted octanol–water partition coefficient (Wildman–Crippen LogP) is 5.00. The average Bonchev–Trinajstić information content (AvgIpc) is 3.17. The maximum Gasteiger partial charge on any atom is 0.414 e. The number of amides is 1. The van der Waals surface area contributed by atoms with Crippen LogP contribution in [0, 0.1) is 0 Å². The van der Waals surface area contributed by atoms with Crippen LogP contribution in [0.3, 0.4) is 0 Å². The maximum atomic E-state index is 12.3. The van der Waals surface area contributed by atoms with E-state index in [0.717, 1.165) is 67.5 Å². The van der Waals surface area contributed by atoms with Crippen LogP contribution in [-0.2, 0) is 4.74 Å². The molecule has 2 fully saturated rings. The predicted molar refractivity (Wildman–Crippen MR) is 121 cm³/mol. The fraction of sp³-hybridized carbons (Fsp3) is 0.458. The molecule has 0 N–H and O–H groups in total. The van der Waals surface area contributed by atoms with Crippen molar-refractivity contribution in [3.8, 4) is 11.5 Å². The molecule has 1 atom stereocenters. The molecule has 1 unspecified atom stereocenters. The molecule has 2 aliphatic rings. The number of benzene rings is 2. The normalized spacial score (nSPS) is 20.0. The number of halogens is 1. The van der Waals surface area contributed by atoms with Crippen LogP contribution in [0.4, 0.5) is 10.5 Å². The molecular weight excluding hydrogens is 416 g/mol. The number of nitrogens with zero attached hydrogens (tertiary/aromatic N) is 2. The van der Waals surface area contributed by atoms with Gasteiger partial charge in [-0.25, -0.2) is 4.79 Å². The molecule has 0 bridgehead atoms. The van der Waals surface area contributed by atoms with Gasteiger partial charge in [0.15, 0.2) is 0 Å².